The van der Waals surface area contributed by atoms with Crippen molar-refractivity contribution >= 4 is 58.1 Å². The molecule has 7 aromatic rings. The molecule has 24 heteroatoms. The minimum Gasteiger partial charge on any atom is -0.489 e. The van der Waals surface area contributed by atoms with Crippen molar-refractivity contribution in [2.45, 2.75) is 101 Å². The number of nitrogens with one attached hydrogen (secondary N) is 3. The zero-order valence-electron chi connectivity index (χ0n) is 53.8. The van der Waals surface area contributed by atoms with Gasteiger partial charge in [0.05, 0.1) is 80.4 Å². The van der Waals surface area contributed by atoms with Crippen molar-refractivity contribution in [3.05, 3.63) is 155 Å². The van der Waals surface area contributed by atoms with Crippen molar-refractivity contribution in [3.8, 4) is 69.0 Å². The van der Waals surface area contributed by atoms with Crippen LogP contribution in [0.15, 0.2) is 133 Å². The van der Waals surface area contributed by atoms with Gasteiger partial charge in [-0.2, -0.15) is 15.8 Å². The summed E-state index contributed by atoms with van der Waals surface area (Å²) in [4.78, 5) is 71.8. The molecule has 6 heterocycles. The summed E-state index contributed by atoms with van der Waals surface area (Å²) in [7, 11) is 0. The van der Waals surface area contributed by atoms with Gasteiger partial charge in [-0.1, -0.05) is 30.3 Å². The third-order valence-electron chi connectivity index (χ3n) is 17.5. The predicted molar refractivity (Wildman–Crippen MR) is 359 cm³/mol. The minimum atomic E-state index is -3.30. The first kappa shape index (κ1) is 69.2. The number of rotatable bonds is 20. The zero-order valence-corrected chi connectivity index (χ0v) is 54.7. The molecule has 5 atom stereocenters. The summed E-state index contributed by atoms with van der Waals surface area (Å²) in [6.07, 6.45) is 8.04. The normalized spacial score (nSPS) is 19.9. The number of hydrogen-bond acceptors (Lipinski definition) is 18. The number of amides is 4. The summed E-state index contributed by atoms with van der Waals surface area (Å²) in [5.41, 5.74) is 6.83. The van der Waals surface area contributed by atoms with Crippen molar-refractivity contribution in [1.82, 2.24) is 14.9 Å². The Balaban J connectivity index is 0.000000149. The highest BCUT2D eigenvalue weighted by Gasteiger charge is 2.50. The van der Waals surface area contributed by atoms with E-state index in [4.69, 9.17) is 33.5 Å². The molecule has 6 fully saturated rings. The van der Waals surface area contributed by atoms with Crippen molar-refractivity contribution in [1.29, 1.82) is 15.8 Å². The Kier molecular flexibility index (Phi) is 22.8. The van der Waals surface area contributed by atoms with E-state index >= 15 is 0 Å². The Hall–Kier alpha value is -10.2. The number of esters is 1. The number of likely N-dealkylation sites (tertiary alicyclic amines) is 1. The van der Waals surface area contributed by atoms with Gasteiger partial charge < -0.3 is 54.4 Å². The number of pyridine rings is 2. The van der Waals surface area contributed by atoms with E-state index in [0.29, 0.717) is 96.4 Å². The maximum Gasteiger partial charge on any atom is 0.309 e. The molecule has 98 heavy (non-hydrogen) atoms. The topological polar surface area (TPSA) is 297 Å². The van der Waals surface area contributed by atoms with E-state index in [9.17, 15) is 48.5 Å². The van der Waals surface area contributed by atoms with E-state index in [1.54, 1.807) is 85.3 Å². The van der Waals surface area contributed by atoms with E-state index in [1.807, 2.05) is 60.0 Å². The number of carbonyl (C=O) groups is 5. The second-order valence-corrected chi connectivity index (χ2v) is 25.6. The number of aromatic nitrogens is 2. The summed E-state index contributed by atoms with van der Waals surface area (Å²) >= 11 is 1.70. The van der Waals surface area contributed by atoms with Crippen molar-refractivity contribution in [3.63, 3.8) is 0 Å². The average molecular weight is 1350 g/mol. The predicted octanol–water partition coefficient (Wildman–Crippen LogP) is 11.9. The number of aliphatic hydroxyl groups excluding tert-OH is 1. The van der Waals surface area contributed by atoms with Gasteiger partial charge in [0.1, 0.15) is 53.5 Å². The van der Waals surface area contributed by atoms with Crippen LogP contribution in [0.2, 0.25) is 0 Å². The van der Waals surface area contributed by atoms with Gasteiger partial charge in [0.15, 0.2) is 6.10 Å². The number of thiophene rings is 1. The van der Waals surface area contributed by atoms with Crippen LogP contribution < -0.4 is 30.2 Å². The summed E-state index contributed by atoms with van der Waals surface area (Å²) in [5.74, 6) is -2.99. The van der Waals surface area contributed by atoms with Crippen LogP contribution in [-0.2, 0) is 38.2 Å². The first-order valence-electron chi connectivity index (χ1n) is 32.8. The molecule has 4 N–H and O–H groups in total. The molecular formula is C74H73F2N9O12S. The van der Waals surface area contributed by atoms with E-state index in [2.05, 4.69) is 44.1 Å². The molecule has 4 amide bonds. The SMILES string of the molecule is CCOC(=O)[C@@H]1C[C@H]1C(=O)Nc1ccnc(-c2ccc(OC3CCOCC3)c(C#N)c2)c1.N#Cc1cc(-c2cccc(NC(=O)C3CC3)c2)ccc1O[C@H]1CCN(C(=O)CCO)CC1(F)F.N#Cc1cc(-c2ccnc(NC(=O)[C@@H]3C[C@H]3c3cccs3)c2)ccc1OC1CCOCC1. The smallest absolute Gasteiger partial charge is 0.309 e. The lowest BCUT2D eigenvalue weighted by Gasteiger charge is -2.38. The average Bonchev–Trinajstić information content (AvgIpc) is 1.45. The molecule has 0 radical (unpaired) electrons. The molecule has 6 aliphatic rings. The number of hydrogen-bond donors (Lipinski definition) is 4. The highest BCUT2D eigenvalue weighted by molar-refractivity contribution is 7.10. The molecule has 3 saturated heterocycles. The van der Waals surface area contributed by atoms with Gasteiger partial charge in [0, 0.05) is 97.0 Å². The maximum atomic E-state index is 14.7. The number of aliphatic hydroxyl groups is 1. The molecule has 21 nitrogen and oxygen atoms in total. The second-order valence-electron chi connectivity index (χ2n) is 24.6. The molecule has 3 aliphatic heterocycles. The Morgan fingerprint density at radius 3 is 1.81 bits per heavy atom. The van der Waals surface area contributed by atoms with Crippen LogP contribution in [0.4, 0.5) is 26.0 Å². The number of ether oxygens (including phenoxy) is 6. The zero-order chi connectivity index (χ0) is 68.7. The molecule has 3 aromatic heterocycles. The van der Waals surface area contributed by atoms with Crippen LogP contribution in [-0.4, -0.2) is 127 Å². The van der Waals surface area contributed by atoms with Gasteiger partial charge in [0.2, 0.25) is 23.6 Å². The van der Waals surface area contributed by atoms with Crippen LogP contribution in [0.25, 0.3) is 33.5 Å². The largest absolute Gasteiger partial charge is 0.489 e. The van der Waals surface area contributed by atoms with Crippen LogP contribution in [0, 0.1) is 57.7 Å². The number of piperidine rings is 1. The van der Waals surface area contributed by atoms with E-state index < -0.39 is 31.1 Å². The van der Waals surface area contributed by atoms with E-state index in [-0.39, 0.29) is 90.3 Å². The Labute approximate surface area is 569 Å². The fourth-order valence-corrected chi connectivity index (χ4v) is 12.7. The molecule has 506 valence electrons. The number of nitrogens with zero attached hydrogens (tertiary/aromatic N) is 6. The molecule has 13 rings (SSSR count). The second kappa shape index (κ2) is 32.3. The first-order chi connectivity index (χ1) is 47.6. The summed E-state index contributed by atoms with van der Waals surface area (Å²) < 4.78 is 62.7. The fraction of sp³-hybridized carbons (Fsp3) is 0.378. The number of carbonyl (C=O) groups excluding carboxylic acids is 5. The Morgan fingerprint density at radius 1 is 0.622 bits per heavy atom. The van der Waals surface area contributed by atoms with Crippen molar-refractivity contribution in [2.24, 2.45) is 23.7 Å². The molecule has 0 spiro atoms. The lowest BCUT2D eigenvalue weighted by atomic mass is 10.0. The van der Waals surface area contributed by atoms with Gasteiger partial charge in [-0.15, -0.1) is 11.3 Å². The Bertz CT molecular complexity index is 4160. The third kappa shape index (κ3) is 18.1. The molecule has 3 aliphatic carbocycles. The van der Waals surface area contributed by atoms with Crippen molar-refractivity contribution < 1.29 is 66.3 Å². The molecule has 0 bridgehead atoms. The monoisotopic (exact) mass is 1350 g/mol. The number of anilines is 3. The third-order valence-corrected chi connectivity index (χ3v) is 18.5. The number of nitriles is 3. The lowest BCUT2D eigenvalue weighted by molar-refractivity contribution is -0.160. The number of benzene rings is 4. The van der Waals surface area contributed by atoms with Crippen LogP contribution >= 0.6 is 11.3 Å². The molecule has 3 saturated carbocycles. The van der Waals surface area contributed by atoms with E-state index in [0.717, 1.165) is 72.1 Å². The highest BCUT2D eigenvalue weighted by Crippen LogP contribution is 2.50. The summed E-state index contributed by atoms with van der Waals surface area (Å²) in [6, 6.07) is 40.6. The van der Waals surface area contributed by atoms with Gasteiger partial charge in [0.25, 0.3) is 0 Å². The molecular weight excluding hydrogens is 1280 g/mol. The van der Waals surface area contributed by atoms with Crippen LogP contribution in [0.5, 0.6) is 17.2 Å². The summed E-state index contributed by atoms with van der Waals surface area (Å²) in [6.45, 7) is 3.64. The highest BCUT2D eigenvalue weighted by atomic mass is 32.1. The first-order valence-corrected chi connectivity index (χ1v) is 33.7. The number of alkyl halides is 2. The van der Waals surface area contributed by atoms with Crippen molar-refractivity contribution in [2.75, 3.05) is 68.7 Å². The van der Waals surface area contributed by atoms with Gasteiger partial charge >= 0.3 is 11.9 Å². The number of halogens is 2. The molecule has 0 unspecified atom stereocenters. The van der Waals surface area contributed by atoms with Crippen LogP contribution in [0.1, 0.15) is 98.6 Å². The fourth-order valence-electron chi connectivity index (χ4n) is 11.8. The Morgan fingerprint density at radius 2 is 1.20 bits per heavy atom. The lowest BCUT2D eigenvalue weighted by Crippen LogP contribution is -2.55. The van der Waals surface area contributed by atoms with Gasteiger partial charge in [-0.3, -0.25) is 29.0 Å². The van der Waals surface area contributed by atoms with Gasteiger partial charge in [-0.25, -0.2) is 13.8 Å². The van der Waals surface area contributed by atoms with Gasteiger partial charge in [-0.05, 0) is 145 Å². The maximum absolute atomic E-state index is 14.7. The van der Waals surface area contributed by atoms with E-state index in [1.165, 1.54) is 10.9 Å². The molecule has 4 aromatic carbocycles. The minimum absolute atomic E-state index is 0.00548. The summed E-state index contributed by atoms with van der Waals surface area (Å²) in [5, 5.41) is 48.5. The van der Waals surface area contributed by atoms with Crippen LogP contribution in [0.3, 0.4) is 0 Å². The standard InChI is InChI=1S/C25H25F2N3O4.C25H23N3O3S.C24H25N3O5/c26-25(27)15-30(23(32)9-11-31)10-8-22(25)34-21-7-6-18(12-19(21)14-28)17-2-1-3-20(13-17)29-24(33)16-4-5-16;26-15-18-12-16(3-4-22(18)31-19-6-9-30-10-7-19)17-5-8-27-24(13-17)28-25(29)21-14-20(21)23-2-1-11-32-23;1-2-31-24(29)20-13-19(20)23(28)27-17-5-8-26-21(12-17)15-3-4-22(16(11-15)14-25)32-18-6-9-30-10-7-18/h1-3,6-7,12-13,16,22,31H,4-5,8-11,15H2,(H,29,33);1-5,8,11-13,19-21H,6-7,9-10,14H2,(H,27,28,29);3-5,8,11-12,18-20H,2,6-7,9-10,13H2,1H3,(H,26,27,28)/t22-;20-,21-;19-,20-/m011/s1. The quantitative estimate of drug-likeness (QED) is 0.0516.